The molecule has 4 aromatic rings. The molecule has 3 N–H and O–H groups in total. The van der Waals surface area contributed by atoms with Gasteiger partial charge >= 0.3 is 0 Å². The van der Waals surface area contributed by atoms with Crippen LogP contribution in [0.5, 0.6) is 0 Å². The predicted octanol–water partition coefficient (Wildman–Crippen LogP) is 3.90. The van der Waals surface area contributed by atoms with E-state index < -0.39 is 26.9 Å². The molecule has 36 heavy (non-hydrogen) atoms. The maximum Gasteiger partial charge on any atom is 0.269 e. The highest BCUT2D eigenvalue weighted by Crippen LogP contribution is 2.35. The standard InChI is InChI=1S/C24H18N4O6S2/c29-22(25-12-17-13-26-24(35-17)14-5-8-16(9-6-14)28(31)32)15-7-10-21-19(11-15)27-23(30)18-3-1-2-4-20(18)36(21,33)34/h1-11,13,22,25,29H,12H2,(H,27,30). The van der Waals surface area contributed by atoms with E-state index in [4.69, 9.17) is 0 Å². The third-order valence-electron chi connectivity index (χ3n) is 5.63. The fourth-order valence-electron chi connectivity index (χ4n) is 3.81. The van der Waals surface area contributed by atoms with Crippen LogP contribution in [0.3, 0.4) is 0 Å². The molecule has 5 rings (SSSR count). The maximum atomic E-state index is 13.1. The zero-order chi connectivity index (χ0) is 25.4. The number of carbonyl (C=O) groups excluding carboxylic acids is 1. The summed E-state index contributed by atoms with van der Waals surface area (Å²) in [7, 11) is -3.93. The second-order valence-electron chi connectivity index (χ2n) is 7.93. The van der Waals surface area contributed by atoms with Crippen molar-refractivity contribution >= 4 is 38.5 Å². The van der Waals surface area contributed by atoms with Gasteiger partial charge in [0.2, 0.25) is 9.84 Å². The minimum absolute atomic E-state index is 0.00561. The number of aliphatic hydroxyl groups excluding tert-OH is 1. The molecule has 1 atom stereocenters. The van der Waals surface area contributed by atoms with Crippen molar-refractivity contribution in [1.82, 2.24) is 10.3 Å². The number of benzene rings is 3. The van der Waals surface area contributed by atoms with Gasteiger partial charge in [0, 0.05) is 35.3 Å². The van der Waals surface area contributed by atoms with Crippen LogP contribution >= 0.6 is 11.3 Å². The summed E-state index contributed by atoms with van der Waals surface area (Å²) in [4.78, 5) is 28.0. The van der Waals surface area contributed by atoms with Crippen LogP contribution in [0.2, 0.25) is 0 Å². The molecule has 2 heterocycles. The van der Waals surface area contributed by atoms with Crippen molar-refractivity contribution in [3.05, 3.63) is 99.0 Å². The van der Waals surface area contributed by atoms with Crippen LogP contribution in [-0.4, -0.2) is 29.3 Å². The van der Waals surface area contributed by atoms with Gasteiger partial charge in [-0.25, -0.2) is 13.4 Å². The molecule has 0 bridgehead atoms. The summed E-state index contributed by atoms with van der Waals surface area (Å²) in [5, 5.41) is 27.8. The van der Waals surface area contributed by atoms with Crippen LogP contribution in [-0.2, 0) is 16.4 Å². The number of hydrogen-bond acceptors (Lipinski definition) is 9. The Labute approximate surface area is 209 Å². The Bertz CT molecular complexity index is 1600. The molecule has 1 aliphatic heterocycles. The van der Waals surface area contributed by atoms with Gasteiger partial charge in [-0.2, -0.15) is 0 Å². The Morgan fingerprint density at radius 2 is 1.83 bits per heavy atom. The number of anilines is 1. The van der Waals surface area contributed by atoms with Crippen molar-refractivity contribution in [2.45, 2.75) is 22.6 Å². The maximum absolute atomic E-state index is 13.1. The number of aliphatic hydroxyl groups is 1. The molecule has 1 unspecified atom stereocenters. The molecular weight excluding hydrogens is 504 g/mol. The van der Waals surface area contributed by atoms with Gasteiger partial charge in [-0.1, -0.05) is 18.2 Å². The molecule has 1 aliphatic rings. The summed E-state index contributed by atoms with van der Waals surface area (Å²) in [6.45, 7) is 0.263. The van der Waals surface area contributed by atoms with Gasteiger partial charge in [0.05, 0.1) is 26.0 Å². The Balaban J connectivity index is 1.32. The van der Waals surface area contributed by atoms with Crippen LogP contribution in [0.15, 0.2) is 82.7 Å². The number of thiazole rings is 1. The zero-order valence-electron chi connectivity index (χ0n) is 18.4. The van der Waals surface area contributed by atoms with Gasteiger partial charge in [0.25, 0.3) is 11.6 Å². The number of fused-ring (bicyclic) bond motifs is 2. The van der Waals surface area contributed by atoms with Crippen LogP contribution in [0.4, 0.5) is 11.4 Å². The first-order chi connectivity index (χ1) is 17.2. The summed E-state index contributed by atoms with van der Waals surface area (Å²) >= 11 is 1.37. The number of hydrogen-bond donors (Lipinski definition) is 3. The van der Waals surface area contributed by atoms with Gasteiger partial charge < -0.3 is 10.4 Å². The van der Waals surface area contributed by atoms with Crippen LogP contribution in [0.1, 0.15) is 27.0 Å². The quantitative estimate of drug-likeness (QED) is 0.196. The average Bonchev–Trinajstić information content (AvgIpc) is 3.33. The van der Waals surface area contributed by atoms with Crippen LogP contribution < -0.4 is 10.6 Å². The Morgan fingerprint density at radius 1 is 1.08 bits per heavy atom. The minimum Gasteiger partial charge on any atom is -0.374 e. The SMILES string of the molecule is O=C1Nc2cc(C(O)NCc3cnc(-c4ccc([N+](=O)[O-])cc4)s3)ccc2S(=O)(=O)c2ccccc21. The first kappa shape index (κ1) is 23.8. The highest BCUT2D eigenvalue weighted by molar-refractivity contribution is 7.91. The second-order valence-corrected chi connectivity index (χ2v) is 10.9. The Hall–Kier alpha value is -3.97. The molecule has 12 heteroatoms. The number of nitrogens with zero attached hydrogens (tertiary/aromatic N) is 2. The highest BCUT2D eigenvalue weighted by Gasteiger charge is 2.31. The number of nitro benzene ring substituents is 1. The topological polar surface area (TPSA) is 152 Å². The van der Waals surface area contributed by atoms with E-state index in [1.807, 2.05) is 0 Å². The summed E-state index contributed by atoms with van der Waals surface area (Å²) in [5.74, 6) is -0.545. The average molecular weight is 523 g/mol. The molecule has 0 fully saturated rings. The van der Waals surface area contributed by atoms with Crippen molar-refractivity contribution in [3.8, 4) is 10.6 Å². The molecule has 10 nitrogen and oxygen atoms in total. The lowest BCUT2D eigenvalue weighted by atomic mass is 10.1. The summed E-state index contributed by atoms with van der Waals surface area (Å²) in [6, 6.07) is 16.4. The summed E-state index contributed by atoms with van der Waals surface area (Å²) < 4.78 is 26.2. The third-order valence-corrected chi connectivity index (χ3v) is 8.54. The van der Waals surface area contributed by atoms with E-state index in [0.717, 1.165) is 10.4 Å². The lowest BCUT2D eigenvalue weighted by Gasteiger charge is -2.15. The largest absolute Gasteiger partial charge is 0.374 e. The number of non-ortho nitro benzene ring substituents is 1. The van der Waals surface area contributed by atoms with E-state index in [0.29, 0.717) is 10.6 Å². The minimum atomic E-state index is -3.93. The van der Waals surface area contributed by atoms with Crippen LogP contribution in [0.25, 0.3) is 10.6 Å². The molecule has 0 spiro atoms. The molecule has 3 aromatic carbocycles. The number of carbonyl (C=O) groups is 1. The fourth-order valence-corrected chi connectivity index (χ4v) is 6.27. The van der Waals surface area contributed by atoms with E-state index in [1.54, 1.807) is 30.5 Å². The highest BCUT2D eigenvalue weighted by atomic mass is 32.2. The van der Waals surface area contributed by atoms with E-state index in [1.165, 1.54) is 53.8 Å². The lowest BCUT2D eigenvalue weighted by molar-refractivity contribution is -0.384. The monoisotopic (exact) mass is 522 g/mol. The fraction of sp³-hybridized carbons (Fsp3) is 0.0833. The Morgan fingerprint density at radius 3 is 2.58 bits per heavy atom. The van der Waals surface area contributed by atoms with E-state index in [-0.39, 0.29) is 33.3 Å². The van der Waals surface area contributed by atoms with E-state index in [9.17, 15) is 28.4 Å². The summed E-state index contributed by atoms with van der Waals surface area (Å²) in [6.07, 6.45) is 0.493. The lowest BCUT2D eigenvalue weighted by Crippen LogP contribution is -2.20. The van der Waals surface area contributed by atoms with Crippen LogP contribution in [0, 0.1) is 10.1 Å². The van der Waals surface area contributed by atoms with Gasteiger partial charge in [-0.15, -0.1) is 11.3 Å². The first-order valence-electron chi connectivity index (χ1n) is 10.6. The first-order valence-corrected chi connectivity index (χ1v) is 12.9. The number of sulfone groups is 1. The number of amides is 1. The van der Waals surface area contributed by atoms with Gasteiger partial charge in [-0.05, 0) is 42.0 Å². The molecule has 1 amide bonds. The van der Waals surface area contributed by atoms with Gasteiger partial charge in [-0.3, -0.25) is 20.2 Å². The van der Waals surface area contributed by atoms with Crippen molar-refractivity contribution < 1.29 is 23.2 Å². The number of rotatable bonds is 6. The van der Waals surface area contributed by atoms with Crippen molar-refractivity contribution in [1.29, 1.82) is 0 Å². The molecule has 182 valence electrons. The molecule has 0 aliphatic carbocycles. The van der Waals surface area contributed by atoms with E-state index >= 15 is 0 Å². The zero-order valence-corrected chi connectivity index (χ0v) is 20.0. The molecule has 0 radical (unpaired) electrons. The van der Waals surface area contributed by atoms with Crippen molar-refractivity contribution in [2.24, 2.45) is 0 Å². The Kier molecular flexibility index (Phi) is 6.10. The van der Waals surface area contributed by atoms with Gasteiger partial charge in [0.15, 0.2) is 0 Å². The second kappa shape index (κ2) is 9.24. The smallest absolute Gasteiger partial charge is 0.269 e. The third kappa shape index (κ3) is 4.38. The molecule has 0 saturated heterocycles. The normalized spacial score (nSPS) is 14.8. The molecule has 1 aromatic heterocycles. The van der Waals surface area contributed by atoms with E-state index in [2.05, 4.69) is 15.6 Å². The predicted molar refractivity (Wildman–Crippen MR) is 132 cm³/mol. The van der Waals surface area contributed by atoms with Gasteiger partial charge in [0.1, 0.15) is 11.2 Å². The van der Waals surface area contributed by atoms with Crippen molar-refractivity contribution in [2.75, 3.05) is 5.32 Å². The van der Waals surface area contributed by atoms with Crippen molar-refractivity contribution in [3.63, 3.8) is 0 Å². The molecular formula is C24H18N4O6S2. The number of nitro groups is 1. The number of nitrogens with one attached hydrogen (secondary N) is 2. The number of aromatic nitrogens is 1. The molecule has 0 saturated carbocycles. The summed E-state index contributed by atoms with van der Waals surface area (Å²) in [5.41, 5.74) is 1.25.